The molecule has 3 nitrogen and oxygen atoms in total. The maximum absolute atomic E-state index is 12.5. The molecule has 4 heteroatoms. The van der Waals surface area contributed by atoms with Crippen molar-refractivity contribution in [2.45, 2.75) is 12.6 Å². The number of hydrogen-bond donors (Lipinski definition) is 1. The smallest absolute Gasteiger partial charge is 0.127 e. The van der Waals surface area contributed by atoms with E-state index in [1.54, 1.807) is 24.1 Å². The Hall–Kier alpha value is -0.900. The lowest BCUT2D eigenvalue weighted by Crippen LogP contribution is -2.08. The molecule has 1 aromatic heterocycles. The number of nitrogens with zero attached hydrogens (tertiary/aromatic N) is 2. The van der Waals surface area contributed by atoms with Crippen LogP contribution in [0, 0.1) is 0 Å². The van der Waals surface area contributed by atoms with E-state index < -0.39 is 12.8 Å². The molecule has 0 aliphatic heterocycles. The molecule has 0 aromatic carbocycles. The number of aryl methyl sites for hydroxylation is 1. The van der Waals surface area contributed by atoms with Gasteiger partial charge in [-0.25, -0.2) is 4.39 Å². The van der Waals surface area contributed by atoms with Crippen LogP contribution in [0.5, 0.6) is 0 Å². The Morgan fingerprint density at radius 1 is 1.82 bits per heavy atom. The summed E-state index contributed by atoms with van der Waals surface area (Å²) in [5.74, 6) is 0. The van der Waals surface area contributed by atoms with Crippen LogP contribution in [-0.4, -0.2) is 27.7 Å². The fourth-order valence-electron chi connectivity index (χ4n) is 0.898. The summed E-state index contributed by atoms with van der Waals surface area (Å²) in [6, 6.07) is 0. The fourth-order valence-corrected chi connectivity index (χ4v) is 0.898. The predicted octanol–water partition coefficient (Wildman–Crippen LogP) is 0.293. The SMILES string of the molecule is Cn1cc(CC(F)CO)cn1. The zero-order valence-corrected chi connectivity index (χ0v) is 6.37. The quantitative estimate of drug-likeness (QED) is 0.686. The summed E-state index contributed by atoms with van der Waals surface area (Å²) in [6.07, 6.45) is 2.41. The molecular formula is C7H11FN2O. The number of alkyl halides is 1. The van der Waals surface area contributed by atoms with Gasteiger partial charge < -0.3 is 5.11 Å². The van der Waals surface area contributed by atoms with Gasteiger partial charge >= 0.3 is 0 Å². The number of aliphatic hydroxyl groups excluding tert-OH is 1. The molecule has 0 aliphatic carbocycles. The first kappa shape index (κ1) is 8.20. The van der Waals surface area contributed by atoms with Crippen molar-refractivity contribution in [1.82, 2.24) is 9.78 Å². The summed E-state index contributed by atoms with van der Waals surface area (Å²) in [7, 11) is 1.77. The Kier molecular flexibility index (Phi) is 2.59. The van der Waals surface area contributed by atoms with E-state index >= 15 is 0 Å². The van der Waals surface area contributed by atoms with Crippen molar-refractivity contribution in [3.8, 4) is 0 Å². The first-order valence-electron chi connectivity index (χ1n) is 3.45. The minimum Gasteiger partial charge on any atom is -0.393 e. The van der Waals surface area contributed by atoms with E-state index in [1.165, 1.54) is 0 Å². The molecule has 1 unspecified atom stereocenters. The van der Waals surface area contributed by atoms with Crippen molar-refractivity contribution in [3.63, 3.8) is 0 Å². The average molecular weight is 158 g/mol. The Morgan fingerprint density at radius 3 is 3.00 bits per heavy atom. The number of aliphatic hydroxyl groups is 1. The zero-order chi connectivity index (χ0) is 8.27. The van der Waals surface area contributed by atoms with Crippen LogP contribution in [0.1, 0.15) is 5.56 Å². The van der Waals surface area contributed by atoms with Gasteiger partial charge in [0.2, 0.25) is 0 Å². The molecular weight excluding hydrogens is 147 g/mol. The van der Waals surface area contributed by atoms with Gasteiger partial charge in [0, 0.05) is 19.7 Å². The van der Waals surface area contributed by atoms with Crippen molar-refractivity contribution in [2.75, 3.05) is 6.61 Å². The summed E-state index contributed by atoms with van der Waals surface area (Å²) >= 11 is 0. The van der Waals surface area contributed by atoms with Crippen LogP contribution in [0.3, 0.4) is 0 Å². The Balaban J connectivity index is 2.50. The minimum atomic E-state index is -1.17. The van der Waals surface area contributed by atoms with Crippen LogP contribution < -0.4 is 0 Å². The Labute approximate surface area is 64.5 Å². The summed E-state index contributed by atoms with van der Waals surface area (Å²) in [5, 5.41) is 12.3. The van der Waals surface area contributed by atoms with Crippen molar-refractivity contribution in [2.24, 2.45) is 7.05 Å². The second-order valence-corrected chi connectivity index (χ2v) is 2.51. The van der Waals surface area contributed by atoms with Crippen LogP contribution in [0.25, 0.3) is 0 Å². The molecule has 0 amide bonds. The number of rotatable bonds is 3. The van der Waals surface area contributed by atoms with E-state index in [1.807, 2.05) is 0 Å². The predicted molar refractivity (Wildman–Crippen MR) is 38.9 cm³/mol. The molecule has 0 radical (unpaired) electrons. The lowest BCUT2D eigenvalue weighted by atomic mass is 10.2. The first-order valence-corrected chi connectivity index (χ1v) is 3.45. The van der Waals surface area contributed by atoms with Crippen molar-refractivity contribution >= 4 is 0 Å². The highest BCUT2D eigenvalue weighted by atomic mass is 19.1. The lowest BCUT2D eigenvalue weighted by molar-refractivity contribution is 0.177. The minimum absolute atomic E-state index is 0.240. The number of halogens is 1. The molecule has 0 saturated heterocycles. The van der Waals surface area contributed by atoms with Crippen LogP contribution >= 0.6 is 0 Å². The Morgan fingerprint density at radius 2 is 2.55 bits per heavy atom. The molecule has 1 heterocycles. The third-order valence-electron chi connectivity index (χ3n) is 1.41. The second-order valence-electron chi connectivity index (χ2n) is 2.51. The molecule has 1 aromatic rings. The molecule has 0 saturated carbocycles. The third kappa shape index (κ3) is 2.31. The molecule has 1 N–H and O–H groups in total. The molecule has 1 rings (SSSR count). The lowest BCUT2D eigenvalue weighted by Gasteiger charge is -1.99. The summed E-state index contributed by atoms with van der Waals surface area (Å²) in [4.78, 5) is 0. The fraction of sp³-hybridized carbons (Fsp3) is 0.571. The van der Waals surface area contributed by atoms with Gasteiger partial charge in [-0.15, -0.1) is 0 Å². The van der Waals surface area contributed by atoms with E-state index in [2.05, 4.69) is 5.10 Å². The highest BCUT2D eigenvalue weighted by Crippen LogP contribution is 2.03. The summed E-state index contributed by atoms with van der Waals surface area (Å²) < 4.78 is 14.2. The molecule has 1 atom stereocenters. The van der Waals surface area contributed by atoms with Gasteiger partial charge in [0.15, 0.2) is 0 Å². The molecule has 0 bridgehead atoms. The van der Waals surface area contributed by atoms with Crippen LogP contribution in [0.2, 0.25) is 0 Å². The molecule has 0 spiro atoms. The van der Waals surface area contributed by atoms with Gasteiger partial charge in [-0.3, -0.25) is 4.68 Å². The molecule has 11 heavy (non-hydrogen) atoms. The van der Waals surface area contributed by atoms with Crippen molar-refractivity contribution < 1.29 is 9.50 Å². The zero-order valence-electron chi connectivity index (χ0n) is 6.37. The summed E-state index contributed by atoms with van der Waals surface area (Å²) in [5.41, 5.74) is 0.814. The standard InChI is InChI=1S/C7H11FN2O/c1-10-4-6(3-9-10)2-7(8)5-11/h3-4,7,11H,2,5H2,1H3. The molecule has 62 valence electrons. The van der Waals surface area contributed by atoms with E-state index in [-0.39, 0.29) is 6.42 Å². The van der Waals surface area contributed by atoms with E-state index in [9.17, 15) is 4.39 Å². The number of hydrogen-bond acceptors (Lipinski definition) is 2. The van der Waals surface area contributed by atoms with Crippen molar-refractivity contribution in [3.05, 3.63) is 18.0 Å². The highest BCUT2D eigenvalue weighted by molar-refractivity contribution is 5.04. The van der Waals surface area contributed by atoms with Crippen LogP contribution in [-0.2, 0) is 13.5 Å². The molecule has 0 fully saturated rings. The topological polar surface area (TPSA) is 38.0 Å². The van der Waals surface area contributed by atoms with Gasteiger partial charge in [0.25, 0.3) is 0 Å². The van der Waals surface area contributed by atoms with E-state index in [0.29, 0.717) is 0 Å². The summed E-state index contributed by atoms with van der Waals surface area (Å²) in [6.45, 7) is -0.422. The maximum atomic E-state index is 12.5. The van der Waals surface area contributed by atoms with Gasteiger partial charge in [0.05, 0.1) is 12.8 Å². The first-order chi connectivity index (χ1) is 5.22. The van der Waals surface area contributed by atoms with Gasteiger partial charge in [0.1, 0.15) is 6.17 Å². The average Bonchev–Trinajstić information content (AvgIpc) is 2.35. The maximum Gasteiger partial charge on any atom is 0.127 e. The van der Waals surface area contributed by atoms with E-state index in [0.717, 1.165) is 5.56 Å². The highest BCUT2D eigenvalue weighted by Gasteiger charge is 2.06. The van der Waals surface area contributed by atoms with Crippen LogP contribution in [0.4, 0.5) is 4.39 Å². The second kappa shape index (κ2) is 3.48. The third-order valence-corrected chi connectivity index (χ3v) is 1.41. The van der Waals surface area contributed by atoms with Crippen LogP contribution in [0.15, 0.2) is 12.4 Å². The van der Waals surface area contributed by atoms with Gasteiger partial charge in [-0.2, -0.15) is 5.10 Å². The normalized spacial score (nSPS) is 13.4. The van der Waals surface area contributed by atoms with E-state index in [4.69, 9.17) is 5.11 Å². The monoisotopic (exact) mass is 158 g/mol. The largest absolute Gasteiger partial charge is 0.393 e. The van der Waals surface area contributed by atoms with Crippen molar-refractivity contribution in [1.29, 1.82) is 0 Å². The van der Waals surface area contributed by atoms with Gasteiger partial charge in [-0.1, -0.05) is 0 Å². The molecule has 0 aliphatic rings. The van der Waals surface area contributed by atoms with Gasteiger partial charge in [-0.05, 0) is 5.56 Å². The Bertz CT molecular complexity index is 224. The number of aromatic nitrogens is 2.